The Morgan fingerprint density at radius 1 is 1.05 bits per heavy atom. The topological polar surface area (TPSA) is 50.4 Å². The Bertz CT molecular complexity index is 804. The molecule has 1 N–H and O–H groups in total. The van der Waals surface area contributed by atoms with Gasteiger partial charge in [0.05, 0.1) is 10.9 Å². The molecule has 0 saturated heterocycles. The van der Waals surface area contributed by atoms with Crippen molar-refractivity contribution >= 4 is 11.0 Å². The Labute approximate surface area is 107 Å². The van der Waals surface area contributed by atoms with Crippen LogP contribution in [0.4, 0.5) is 4.39 Å². The van der Waals surface area contributed by atoms with Crippen LogP contribution in [0.2, 0.25) is 0 Å². The first-order valence-corrected chi connectivity index (χ1v) is 5.65. The van der Waals surface area contributed by atoms with Crippen LogP contribution in [0.5, 0.6) is 5.75 Å². The highest BCUT2D eigenvalue weighted by Gasteiger charge is 2.09. The molecule has 0 unspecified atom stereocenters. The van der Waals surface area contributed by atoms with Crippen molar-refractivity contribution in [3.8, 4) is 16.9 Å². The molecule has 0 aliphatic carbocycles. The third kappa shape index (κ3) is 1.97. The molecule has 0 bridgehead atoms. The van der Waals surface area contributed by atoms with Crippen molar-refractivity contribution in [2.45, 2.75) is 0 Å². The van der Waals surface area contributed by atoms with Crippen molar-refractivity contribution in [2.75, 3.05) is 0 Å². The van der Waals surface area contributed by atoms with Gasteiger partial charge < -0.3 is 9.52 Å². The average molecular weight is 256 g/mol. The van der Waals surface area contributed by atoms with E-state index < -0.39 is 0 Å². The van der Waals surface area contributed by atoms with Crippen molar-refractivity contribution in [3.05, 3.63) is 64.8 Å². The lowest BCUT2D eigenvalue weighted by Gasteiger charge is -2.03. The average Bonchev–Trinajstić information content (AvgIpc) is 2.40. The van der Waals surface area contributed by atoms with Crippen molar-refractivity contribution in [2.24, 2.45) is 0 Å². The molecular weight excluding hydrogens is 247 g/mol. The molecule has 3 aromatic rings. The molecule has 0 radical (unpaired) electrons. The monoisotopic (exact) mass is 256 g/mol. The Morgan fingerprint density at radius 3 is 2.53 bits per heavy atom. The Hall–Kier alpha value is -2.62. The van der Waals surface area contributed by atoms with Gasteiger partial charge in [-0.05, 0) is 29.8 Å². The van der Waals surface area contributed by atoms with Gasteiger partial charge in [-0.2, -0.15) is 0 Å². The van der Waals surface area contributed by atoms with Crippen LogP contribution in [0, 0.1) is 5.82 Å². The molecule has 1 heterocycles. The quantitative estimate of drug-likeness (QED) is 0.726. The zero-order valence-electron chi connectivity index (χ0n) is 9.76. The summed E-state index contributed by atoms with van der Waals surface area (Å²) in [5.41, 5.74) is 1.05. The molecule has 1 aromatic heterocycles. The van der Waals surface area contributed by atoms with Crippen LogP contribution < -0.4 is 5.43 Å². The highest BCUT2D eigenvalue weighted by molar-refractivity contribution is 5.82. The molecule has 0 spiro atoms. The fourth-order valence-corrected chi connectivity index (χ4v) is 1.95. The van der Waals surface area contributed by atoms with Crippen LogP contribution in [0.25, 0.3) is 22.1 Å². The van der Waals surface area contributed by atoms with E-state index in [2.05, 4.69) is 0 Å². The summed E-state index contributed by atoms with van der Waals surface area (Å²) in [4.78, 5) is 12.3. The number of rotatable bonds is 1. The fourth-order valence-electron chi connectivity index (χ4n) is 1.95. The smallest absolute Gasteiger partial charge is 0.200 e. The van der Waals surface area contributed by atoms with E-state index in [4.69, 9.17) is 4.42 Å². The lowest BCUT2D eigenvalue weighted by Crippen LogP contribution is -2.04. The summed E-state index contributed by atoms with van der Waals surface area (Å²) in [7, 11) is 0. The van der Waals surface area contributed by atoms with E-state index in [0.717, 1.165) is 0 Å². The summed E-state index contributed by atoms with van der Waals surface area (Å²) >= 11 is 0. The first-order valence-electron chi connectivity index (χ1n) is 5.65. The number of aromatic hydroxyl groups is 1. The number of benzene rings is 2. The minimum Gasteiger partial charge on any atom is -0.508 e. The van der Waals surface area contributed by atoms with Gasteiger partial charge in [0.1, 0.15) is 23.4 Å². The lowest BCUT2D eigenvalue weighted by atomic mass is 10.1. The minimum atomic E-state index is -0.362. The maximum Gasteiger partial charge on any atom is 0.200 e. The standard InChI is InChI=1S/C15H9FO3/c16-10-3-1-9(2-4-10)13-8-19-14-7-11(17)5-6-12(14)15(13)18/h1-8,17H. The highest BCUT2D eigenvalue weighted by Crippen LogP contribution is 2.22. The second-order valence-corrected chi connectivity index (χ2v) is 4.17. The summed E-state index contributed by atoms with van der Waals surface area (Å²) in [6, 6.07) is 9.93. The van der Waals surface area contributed by atoms with Crippen LogP contribution in [-0.2, 0) is 0 Å². The Morgan fingerprint density at radius 2 is 1.79 bits per heavy atom. The van der Waals surface area contributed by atoms with Crippen molar-refractivity contribution < 1.29 is 13.9 Å². The molecule has 0 saturated carbocycles. The molecule has 0 aliphatic heterocycles. The first-order chi connectivity index (χ1) is 9.15. The van der Waals surface area contributed by atoms with Gasteiger partial charge in [0, 0.05) is 6.07 Å². The largest absolute Gasteiger partial charge is 0.508 e. The minimum absolute atomic E-state index is 0.0326. The molecule has 3 rings (SSSR count). The Kier molecular flexibility index (Phi) is 2.56. The summed E-state index contributed by atoms with van der Waals surface area (Å²) < 4.78 is 18.2. The second-order valence-electron chi connectivity index (χ2n) is 4.17. The summed E-state index contributed by atoms with van der Waals surface area (Å²) in [6.45, 7) is 0. The van der Waals surface area contributed by atoms with E-state index in [1.165, 1.54) is 48.7 Å². The van der Waals surface area contributed by atoms with Crippen molar-refractivity contribution in [3.63, 3.8) is 0 Å². The fraction of sp³-hybridized carbons (Fsp3) is 0. The predicted molar refractivity (Wildman–Crippen MR) is 69.5 cm³/mol. The Balaban J connectivity index is 2.26. The maximum atomic E-state index is 12.9. The molecule has 0 atom stereocenters. The number of fused-ring (bicyclic) bond motifs is 1. The molecule has 3 nitrogen and oxygen atoms in total. The molecule has 0 fully saturated rings. The third-order valence-electron chi connectivity index (χ3n) is 2.91. The molecule has 19 heavy (non-hydrogen) atoms. The van der Waals surface area contributed by atoms with Crippen LogP contribution in [0.1, 0.15) is 0 Å². The van der Waals surface area contributed by atoms with Gasteiger partial charge in [-0.3, -0.25) is 4.79 Å². The van der Waals surface area contributed by atoms with Gasteiger partial charge in [-0.1, -0.05) is 12.1 Å². The van der Waals surface area contributed by atoms with E-state index in [-0.39, 0.29) is 17.0 Å². The molecule has 0 amide bonds. The van der Waals surface area contributed by atoms with Gasteiger partial charge in [-0.25, -0.2) is 4.39 Å². The molecule has 2 aromatic carbocycles. The van der Waals surface area contributed by atoms with E-state index in [1.807, 2.05) is 0 Å². The first kappa shape index (κ1) is 11.5. The van der Waals surface area contributed by atoms with Crippen LogP contribution in [0.15, 0.2) is 57.9 Å². The van der Waals surface area contributed by atoms with Gasteiger partial charge >= 0.3 is 0 Å². The van der Waals surface area contributed by atoms with E-state index in [1.54, 1.807) is 0 Å². The summed E-state index contributed by atoms with van der Waals surface area (Å²) in [6.07, 6.45) is 1.32. The van der Waals surface area contributed by atoms with Crippen molar-refractivity contribution in [1.29, 1.82) is 0 Å². The number of halogens is 1. The second kappa shape index (κ2) is 4.24. The number of phenols is 1. The third-order valence-corrected chi connectivity index (χ3v) is 2.91. The zero-order chi connectivity index (χ0) is 13.4. The highest BCUT2D eigenvalue weighted by atomic mass is 19.1. The molecule has 0 aliphatic rings. The van der Waals surface area contributed by atoms with Crippen LogP contribution in [-0.4, -0.2) is 5.11 Å². The van der Waals surface area contributed by atoms with E-state index in [9.17, 15) is 14.3 Å². The number of hydrogen-bond acceptors (Lipinski definition) is 3. The summed E-state index contributed by atoms with van der Waals surface area (Å²) in [5, 5.41) is 9.71. The number of phenolic OH excluding ortho intramolecular Hbond substituents is 1. The lowest BCUT2D eigenvalue weighted by molar-refractivity contribution is 0.474. The zero-order valence-corrected chi connectivity index (χ0v) is 9.76. The van der Waals surface area contributed by atoms with Gasteiger partial charge in [0.25, 0.3) is 0 Å². The van der Waals surface area contributed by atoms with E-state index >= 15 is 0 Å². The summed E-state index contributed by atoms with van der Waals surface area (Å²) in [5.74, 6) is -0.330. The van der Waals surface area contributed by atoms with Crippen molar-refractivity contribution in [1.82, 2.24) is 0 Å². The van der Waals surface area contributed by atoms with Crippen LogP contribution in [0.3, 0.4) is 0 Å². The van der Waals surface area contributed by atoms with Gasteiger partial charge in [-0.15, -0.1) is 0 Å². The van der Waals surface area contributed by atoms with Gasteiger partial charge in [0.2, 0.25) is 0 Å². The predicted octanol–water partition coefficient (Wildman–Crippen LogP) is 3.30. The SMILES string of the molecule is O=c1c(-c2ccc(F)cc2)coc2cc(O)ccc12. The molecule has 94 valence electrons. The maximum absolute atomic E-state index is 12.9. The van der Waals surface area contributed by atoms with E-state index in [0.29, 0.717) is 22.1 Å². The number of hydrogen-bond donors (Lipinski definition) is 1. The normalized spacial score (nSPS) is 10.8. The molecular formula is C15H9FO3. The van der Waals surface area contributed by atoms with Crippen LogP contribution >= 0.6 is 0 Å². The van der Waals surface area contributed by atoms with Gasteiger partial charge in [0.15, 0.2) is 5.43 Å². The molecule has 4 heteroatoms.